The van der Waals surface area contributed by atoms with Crippen LogP contribution >= 0.6 is 35.7 Å². The molecule has 2 aromatic rings. The molecule has 1 saturated heterocycles. The number of thiazole rings is 1. The number of fused-ring (bicyclic) bond motifs is 1. The van der Waals surface area contributed by atoms with E-state index in [0.29, 0.717) is 12.3 Å². The van der Waals surface area contributed by atoms with Gasteiger partial charge >= 0.3 is 0 Å². The van der Waals surface area contributed by atoms with Crippen LogP contribution in [0, 0.1) is 5.92 Å². The lowest BCUT2D eigenvalue weighted by Crippen LogP contribution is -2.24. The molecule has 1 unspecified atom stereocenters. The second-order valence-electron chi connectivity index (χ2n) is 4.59. The van der Waals surface area contributed by atoms with Crippen molar-refractivity contribution in [1.82, 2.24) is 4.98 Å². The van der Waals surface area contributed by atoms with Gasteiger partial charge in [-0.05, 0) is 36.1 Å². The van der Waals surface area contributed by atoms with Gasteiger partial charge in [0.25, 0.3) is 0 Å². The van der Waals surface area contributed by atoms with Gasteiger partial charge < -0.3 is 4.90 Å². The molecule has 0 saturated carbocycles. The molecule has 0 aliphatic carbocycles. The molecular weight excluding hydrogens is 296 g/mol. The van der Waals surface area contributed by atoms with E-state index in [-0.39, 0.29) is 5.91 Å². The van der Waals surface area contributed by atoms with Crippen LogP contribution < -0.4 is 4.90 Å². The Hall–Kier alpha value is -0.720. The van der Waals surface area contributed by atoms with Crippen molar-refractivity contribution in [3.8, 4) is 0 Å². The number of hydrogen-bond donors (Lipinski definition) is 1. The molecule has 6 heteroatoms. The second kappa shape index (κ2) is 5.34. The highest BCUT2D eigenvalue weighted by atomic mass is 32.2. The van der Waals surface area contributed by atoms with E-state index in [2.05, 4.69) is 23.7 Å². The quantitative estimate of drug-likeness (QED) is 0.697. The lowest BCUT2D eigenvalue weighted by Gasteiger charge is -2.16. The topological polar surface area (TPSA) is 33.2 Å². The zero-order valence-corrected chi connectivity index (χ0v) is 13.0. The van der Waals surface area contributed by atoms with Crippen molar-refractivity contribution in [1.29, 1.82) is 0 Å². The number of hydrogen-bond acceptors (Lipinski definition) is 5. The smallest absolute Gasteiger partial charge is 0.227 e. The van der Waals surface area contributed by atoms with Crippen LogP contribution in [0.1, 0.15) is 6.42 Å². The highest BCUT2D eigenvalue weighted by Crippen LogP contribution is 2.33. The molecule has 1 aromatic heterocycles. The Kier molecular flexibility index (Phi) is 3.73. The van der Waals surface area contributed by atoms with Crippen molar-refractivity contribution in [2.75, 3.05) is 23.5 Å². The number of benzene rings is 1. The van der Waals surface area contributed by atoms with Crippen LogP contribution in [0.5, 0.6) is 0 Å². The minimum absolute atomic E-state index is 0.202. The number of carbonyl (C=O) groups excluding carboxylic acids is 1. The highest BCUT2D eigenvalue weighted by molar-refractivity contribution is 8.00. The molecular formula is C13H14N2OS3. The summed E-state index contributed by atoms with van der Waals surface area (Å²) in [6, 6.07) is 6.07. The van der Waals surface area contributed by atoms with Crippen LogP contribution in [0.2, 0.25) is 0 Å². The molecule has 3 rings (SSSR count). The Morgan fingerprint density at radius 3 is 3.11 bits per heavy atom. The minimum Gasteiger partial charge on any atom is -0.312 e. The SMILES string of the molecule is CSc1nc2ccc(N3CC(CS)CC3=O)cc2s1. The van der Waals surface area contributed by atoms with Crippen LogP contribution in [0.4, 0.5) is 5.69 Å². The fourth-order valence-electron chi connectivity index (χ4n) is 2.30. The van der Waals surface area contributed by atoms with Crippen molar-refractivity contribution in [2.45, 2.75) is 10.8 Å². The molecule has 1 atom stereocenters. The molecule has 19 heavy (non-hydrogen) atoms. The number of amides is 1. The summed E-state index contributed by atoms with van der Waals surface area (Å²) in [4.78, 5) is 18.4. The third-order valence-electron chi connectivity index (χ3n) is 3.30. The van der Waals surface area contributed by atoms with Gasteiger partial charge in [0.2, 0.25) is 5.91 Å². The lowest BCUT2D eigenvalue weighted by molar-refractivity contribution is -0.117. The molecule has 100 valence electrons. The second-order valence-corrected chi connectivity index (χ2v) is 7.04. The highest BCUT2D eigenvalue weighted by Gasteiger charge is 2.29. The maximum Gasteiger partial charge on any atom is 0.227 e. The minimum atomic E-state index is 0.202. The van der Waals surface area contributed by atoms with Crippen molar-refractivity contribution < 1.29 is 4.79 Å². The fourth-order valence-corrected chi connectivity index (χ4v) is 4.07. The molecule has 1 amide bonds. The number of carbonyl (C=O) groups is 1. The van der Waals surface area contributed by atoms with E-state index < -0.39 is 0 Å². The van der Waals surface area contributed by atoms with Crippen molar-refractivity contribution in [3.05, 3.63) is 18.2 Å². The van der Waals surface area contributed by atoms with Crippen LogP contribution in [-0.4, -0.2) is 29.4 Å². The molecule has 0 radical (unpaired) electrons. The average Bonchev–Trinajstić information content (AvgIpc) is 3.00. The number of thioether (sulfide) groups is 1. The van der Waals surface area contributed by atoms with Gasteiger partial charge in [-0.3, -0.25) is 4.79 Å². The Morgan fingerprint density at radius 1 is 1.58 bits per heavy atom. The zero-order chi connectivity index (χ0) is 13.4. The van der Waals surface area contributed by atoms with Gasteiger partial charge in [0.1, 0.15) is 0 Å². The van der Waals surface area contributed by atoms with Crippen LogP contribution in [0.15, 0.2) is 22.5 Å². The molecule has 1 aliphatic heterocycles. The molecule has 3 nitrogen and oxygen atoms in total. The van der Waals surface area contributed by atoms with Crippen LogP contribution in [0.3, 0.4) is 0 Å². The monoisotopic (exact) mass is 310 g/mol. The summed E-state index contributed by atoms with van der Waals surface area (Å²) < 4.78 is 2.21. The Labute approximate surface area is 125 Å². The van der Waals surface area contributed by atoms with Gasteiger partial charge in [0.05, 0.1) is 10.2 Å². The van der Waals surface area contributed by atoms with E-state index in [1.165, 1.54) is 0 Å². The Balaban J connectivity index is 1.94. The Morgan fingerprint density at radius 2 is 2.42 bits per heavy atom. The predicted molar refractivity (Wildman–Crippen MR) is 85.7 cm³/mol. The van der Waals surface area contributed by atoms with E-state index in [1.807, 2.05) is 23.3 Å². The molecule has 1 aromatic carbocycles. The van der Waals surface area contributed by atoms with Crippen molar-refractivity contribution >= 4 is 57.5 Å². The van der Waals surface area contributed by atoms with Crippen LogP contribution in [0.25, 0.3) is 10.2 Å². The van der Waals surface area contributed by atoms with Crippen LogP contribution in [-0.2, 0) is 4.79 Å². The zero-order valence-electron chi connectivity index (χ0n) is 10.5. The van der Waals surface area contributed by atoms with E-state index in [1.54, 1.807) is 23.1 Å². The summed E-state index contributed by atoms with van der Waals surface area (Å²) in [5.74, 6) is 1.34. The summed E-state index contributed by atoms with van der Waals surface area (Å²) in [6.07, 6.45) is 2.64. The van der Waals surface area contributed by atoms with Gasteiger partial charge in [0.15, 0.2) is 4.34 Å². The first-order valence-corrected chi connectivity index (χ1v) is 8.74. The molecule has 1 fully saturated rings. The number of nitrogens with zero attached hydrogens (tertiary/aromatic N) is 2. The Bertz CT molecular complexity index is 625. The summed E-state index contributed by atoms with van der Waals surface area (Å²) >= 11 is 7.63. The standard InChI is InChI=1S/C13H14N2OS3/c1-18-13-14-10-3-2-9(5-11(10)19-13)15-6-8(7-17)4-12(15)16/h2-3,5,8,17H,4,6-7H2,1H3. The van der Waals surface area contributed by atoms with Gasteiger partial charge in [-0.1, -0.05) is 11.8 Å². The fraction of sp³-hybridized carbons (Fsp3) is 0.385. The first-order valence-electron chi connectivity index (χ1n) is 6.07. The van der Waals surface area contributed by atoms with Gasteiger partial charge in [0, 0.05) is 18.7 Å². The largest absolute Gasteiger partial charge is 0.312 e. The summed E-state index contributed by atoms with van der Waals surface area (Å²) in [5.41, 5.74) is 1.99. The van der Waals surface area contributed by atoms with Gasteiger partial charge in [-0.25, -0.2) is 4.98 Å². The van der Waals surface area contributed by atoms with E-state index in [9.17, 15) is 4.79 Å². The number of anilines is 1. The van der Waals surface area contributed by atoms with E-state index in [0.717, 1.165) is 32.5 Å². The first-order chi connectivity index (χ1) is 9.21. The maximum atomic E-state index is 12.0. The molecule has 2 heterocycles. The van der Waals surface area contributed by atoms with Gasteiger partial charge in [-0.15, -0.1) is 11.3 Å². The summed E-state index contributed by atoms with van der Waals surface area (Å²) in [6.45, 7) is 0.780. The van der Waals surface area contributed by atoms with Crippen molar-refractivity contribution in [3.63, 3.8) is 0 Å². The summed E-state index contributed by atoms with van der Waals surface area (Å²) in [7, 11) is 0. The predicted octanol–water partition coefficient (Wildman–Crippen LogP) is 3.30. The number of thiol groups is 1. The number of rotatable bonds is 3. The van der Waals surface area contributed by atoms with E-state index >= 15 is 0 Å². The normalized spacial score (nSPS) is 19.6. The third kappa shape index (κ3) is 2.49. The molecule has 0 spiro atoms. The third-order valence-corrected chi connectivity index (χ3v) is 5.82. The van der Waals surface area contributed by atoms with Crippen molar-refractivity contribution in [2.24, 2.45) is 5.92 Å². The lowest BCUT2D eigenvalue weighted by atomic mass is 10.1. The van der Waals surface area contributed by atoms with Gasteiger partial charge in [-0.2, -0.15) is 12.6 Å². The average molecular weight is 310 g/mol. The first kappa shape index (κ1) is 13.3. The summed E-state index contributed by atoms with van der Waals surface area (Å²) in [5, 5.41) is 0. The maximum absolute atomic E-state index is 12.0. The van der Waals surface area contributed by atoms with E-state index in [4.69, 9.17) is 0 Å². The molecule has 1 aliphatic rings. The number of aromatic nitrogens is 1. The molecule has 0 N–H and O–H groups in total. The molecule has 0 bridgehead atoms.